The summed E-state index contributed by atoms with van der Waals surface area (Å²) in [4.78, 5) is 0. The van der Waals surface area contributed by atoms with Crippen molar-refractivity contribution in [1.29, 1.82) is 0 Å². The van der Waals surface area contributed by atoms with Crippen LogP contribution in [0.15, 0.2) is 179 Å². The fourth-order valence-electron chi connectivity index (χ4n) is 10.2. The third-order valence-corrected chi connectivity index (χ3v) is 12.9. The fraction of sp³-hybridized carbons (Fsp3) is 0.0175. The summed E-state index contributed by atoms with van der Waals surface area (Å²) in [7, 11) is 0. The molecule has 2 aromatic heterocycles. The minimum atomic E-state index is 0.859. The molecule has 0 fully saturated rings. The molecule has 0 spiro atoms. The second-order valence-corrected chi connectivity index (χ2v) is 15.9. The molecule has 13 aromatic rings. The maximum absolute atomic E-state index is 6.76. The van der Waals surface area contributed by atoms with Crippen LogP contribution >= 0.6 is 0 Å². The highest BCUT2D eigenvalue weighted by atomic mass is 16.3. The van der Waals surface area contributed by atoms with Gasteiger partial charge < -0.3 is 8.83 Å². The average molecular weight is 751 g/mol. The molecule has 13 rings (SSSR count). The maximum Gasteiger partial charge on any atom is 0.143 e. The molecule has 0 unspecified atom stereocenters. The molecule has 0 saturated carbocycles. The molecule has 59 heavy (non-hydrogen) atoms. The van der Waals surface area contributed by atoms with Gasteiger partial charge >= 0.3 is 0 Å². The molecule has 0 atom stereocenters. The molecule has 0 bridgehead atoms. The minimum absolute atomic E-state index is 0.859. The van der Waals surface area contributed by atoms with Crippen LogP contribution in [0.5, 0.6) is 0 Å². The molecule has 0 amide bonds. The Morgan fingerprint density at radius 1 is 0.390 bits per heavy atom. The number of hydrogen-bond acceptors (Lipinski definition) is 2. The Hall–Kier alpha value is -7.68. The van der Waals surface area contributed by atoms with Gasteiger partial charge in [0.15, 0.2) is 0 Å². The van der Waals surface area contributed by atoms with Gasteiger partial charge in [-0.05, 0) is 118 Å². The number of hydrogen-bond donors (Lipinski definition) is 0. The topological polar surface area (TPSA) is 26.3 Å². The molecular weight excluding hydrogens is 717 g/mol. The van der Waals surface area contributed by atoms with E-state index < -0.39 is 0 Å². The van der Waals surface area contributed by atoms with Gasteiger partial charge in [-0.15, -0.1) is 0 Å². The summed E-state index contributed by atoms with van der Waals surface area (Å²) >= 11 is 0. The van der Waals surface area contributed by atoms with Gasteiger partial charge in [0.2, 0.25) is 0 Å². The van der Waals surface area contributed by atoms with Gasteiger partial charge in [0.1, 0.15) is 22.3 Å². The van der Waals surface area contributed by atoms with Gasteiger partial charge in [0.25, 0.3) is 0 Å². The number of benzene rings is 11. The van der Waals surface area contributed by atoms with E-state index in [9.17, 15) is 0 Å². The Kier molecular flexibility index (Phi) is 6.55. The van der Waals surface area contributed by atoms with Gasteiger partial charge in [-0.3, -0.25) is 0 Å². The zero-order chi connectivity index (χ0) is 38.9. The molecule has 0 radical (unpaired) electrons. The molecule has 274 valence electrons. The summed E-state index contributed by atoms with van der Waals surface area (Å²) in [5.41, 5.74) is 11.4. The summed E-state index contributed by atoms with van der Waals surface area (Å²) in [6, 6.07) is 59.7. The lowest BCUT2D eigenvalue weighted by molar-refractivity contribution is 0.665. The molecule has 0 aliphatic carbocycles. The first-order valence-electron chi connectivity index (χ1n) is 20.3. The second-order valence-electron chi connectivity index (χ2n) is 15.9. The molecule has 2 heteroatoms. The standard InChI is InChI=1S/C57H34O2/c1-3-32-14-15-36-19-24-40(42-26-18-33(4-2)52(32)54(36)42)38-22-28-50-48(30-38)46-12-6-10-44(56(46)58-50)45-11-7-13-47-49-31-39(23-29-51(49)59-57(45)47)41-25-20-37-17-16-34-8-5-9-35-21-27-43(41)55(37)53(34)35/h3-31H,2H2,1H3/b32-3-. The molecule has 0 aliphatic heterocycles. The van der Waals surface area contributed by atoms with Gasteiger partial charge in [-0.1, -0.05) is 158 Å². The van der Waals surface area contributed by atoms with E-state index in [1.54, 1.807) is 0 Å². The number of furan rings is 2. The molecule has 0 saturated heterocycles. The summed E-state index contributed by atoms with van der Waals surface area (Å²) in [6.45, 7) is 6.24. The Morgan fingerprint density at radius 3 is 1.46 bits per heavy atom. The zero-order valence-electron chi connectivity index (χ0n) is 32.3. The van der Waals surface area contributed by atoms with Gasteiger partial charge in [0, 0.05) is 32.7 Å². The zero-order valence-corrected chi connectivity index (χ0v) is 32.3. The quantitative estimate of drug-likeness (QED) is 0.167. The molecule has 11 aromatic carbocycles. The van der Waals surface area contributed by atoms with Crippen LogP contribution in [0.2, 0.25) is 0 Å². The third-order valence-electron chi connectivity index (χ3n) is 12.9. The Bertz CT molecular complexity index is 3970. The Labute approximate surface area is 338 Å². The van der Waals surface area contributed by atoms with Crippen molar-refractivity contribution in [3.8, 4) is 33.4 Å². The van der Waals surface area contributed by atoms with Crippen molar-refractivity contribution in [2.45, 2.75) is 6.92 Å². The van der Waals surface area contributed by atoms with Crippen molar-refractivity contribution >= 4 is 110 Å². The van der Waals surface area contributed by atoms with Crippen molar-refractivity contribution in [1.82, 2.24) is 0 Å². The summed E-state index contributed by atoms with van der Waals surface area (Å²) in [6.07, 6.45) is 4.15. The molecular formula is C57H34O2. The van der Waals surface area contributed by atoms with Crippen molar-refractivity contribution in [3.63, 3.8) is 0 Å². The maximum atomic E-state index is 6.76. The Balaban J connectivity index is 0.960. The van der Waals surface area contributed by atoms with Crippen molar-refractivity contribution < 1.29 is 8.83 Å². The largest absolute Gasteiger partial charge is 0.455 e. The first-order valence-corrected chi connectivity index (χ1v) is 20.3. The predicted molar refractivity (Wildman–Crippen MR) is 251 cm³/mol. The van der Waals surface area contributed by atoms with Crippen LogP contribution in [-0.4, -0.2) is 0 Å². The average Bonchev–Trinajstić information content (AvgIpc) is 3.86. The minimum Gasteiger partial charge on any atom is -0.455 e. The van der Waals surface area contributed by atoms with Crippen LogP contribution in [0, 0.1) is 0 Å². The van der Waals surface area contributed by atoms with Gasteiger partial charge in [0.05, 0.1) is 0 Å². The number of rotatable bonds is 4. The van der Waals surface area contributed by atoms with E-state index in [4.69, 9.17) is 8.83 Å². The van der Waals surface area contributed by atoms with E-state index in [2.05, 4.69) is 183 Å². The number of fused-ring (bicyclic) bond motifs is 6. The van der Waals surface area contributed by atoms with Crippen LogP contribution in [0.1, 0.15) is 12.5 Å². The van der Waals surface area contributed by atoms with E-state index >= 15 is 0 Å². The lowest BCUT2D eigenvalue weighted by Gasteiger charge is -2.14. The molecule has 2 heterocycles. The monoisotopic (exact) mass is 750 g/mol. The lowest BCUT2D eigenvalue weighted by Crippen LogP contribution is -2.03. The van der Waals surface area contributed by atoms with Crippen LogP contribution in [-0.2, 0) is 0 Å². The predicted octanol–water partition coefficient (Wildman–Crippen LogP) is 15.9. The van der Waals surface area contributed by atoms with Crippen molar-refractivity contribution in [2.75, 3.05) is 0 Å². The van der Waals surface area contributed by atoms with Gasteiger partial charge in [-0.25, -0.2) is 0 Å². The first-order chi connectivity index (χ1) is 29.1. The highest BCUT2D eigenvalue weighted by molar-refractivity contribution is 6.26. The highest BCUT2D eigenvalue weighted by Crippen LogP contribution is 2.45. The van der Waals surface area contributed by atoms with Crippen molar-refractivity contribution in [2.24, 2.45) is 0 Å². The van der Waals surface area contributed by atoms with Crippen LogP contribution in [0.3, 0.4) is 0 Å². The van der Waals surface area contributed by atoms with E-state index in [0.717, 1.165) is 66.1 Å². The fourth-order valence-corrected chi connectivity index (χ4v) is 10.2. The first kappa shape index (κ1) is 32.4. The molecule has 0 aliphatic rings. The highest BCUT2D eigenvalue weighted by Gasteiger charge is 2.20. The summed E-state index contributed by atoms with van der Waals surface area (Å²) in [5.74, 6) is 0. The van der Waals surface area contributed by atoms with E-state index in [1.165, 1.54) is 75.8 Å². The second kappa shape index (κ2) is 11.9. The van der Waals surface area contributed by atoms with E-state index in [-0.39, 0.29) is 0 Å². The summed E-state index contributed by atoms with van der Waals surface area (Å²) < 4.78 is 13.5. The third kappa shape index (κ3) is 4.46. The Morgan fingerprint density at radius 2 is 0.881 bits per heavy atom. The van der Waals surface area contributed by atoms with Crippen LogP contribution in [0.4, 0.5) is 0 Å². The number of para-hydroxylation sites is 2. The lowest BCUT2D eigenvalue weighted by atomic mass is 9.89. The molecule has 2 nitrogen and oxygen atoms in total. The van der Waals surface area contributed by atoms with Crippen molar-refractivity contribution in [3.05, 3.63) is 181 Å². The molecule has 0 N–H and O–H groups in total. The smallest absolute Gasteiger partial charge is 0.143 e. The van der Waals surface area contributed by atoms with E-state index in [0.29, 0.717) is 0 Å². The summed E-state index contributed by atoms with van der Waals surface area (Å²) in [5, 5.41) is 18.3. The SMILES string of the molecule is C=Cc1ccc2c(-c3ccc4oc5c(-c6cccc7c6oc6ccc(-c8ccc9ccc%10cccc%11ccc8c9c%10%11)cc67)cccc5c4c3)ccc3cc/c(=C/C)c1c32. The van der Waals surface area contributed by atoms with Crippen LogP contribution < -0.4 is 5.22 Å². The normalized spacial score (nSPS) is 12.7. The van der Waals surface area contributed by atoms with Gasteiger partial charge in [-0.2, -0.15) is 0 Å². The van der Waals surface area contributed by atoms with E-state index in [1.807, 2.05) is 6.08 Å². The van der Waals surface area contributed by atoms with Crippen LogP contribution in [0.25, 0.3) is 143 Å².